The lowest BCUT2D eigenvalue weighted by atomic mass is 9.89. The third kappa shape index (κ3) is 1.82. The monoisotopic (exact) mass is 212 g/mol. The molecule has 3 nitrogen and oxygen atoms in total. The maximum absolute atomic E-state index is 10.4. The van der Waals surface area contributed by atoms with Crippen molar-refractivity contribution in [3.05, 3.63) is 16.6 Å². The summed E-state index contributed by atoms with van der Waals surface area (Å²) in [5.41, 5.74) is 0.315. The summed E-state index contributed by atoms with van der Waals surface area (Å²) in [6.07, 6.45) is 1.86. The Morgan fingerprint density at radius 3 is 3.00 bits per heavy atom. The highest BCUT2D eigenvalue weighted by atomic mass is 32.1. The lowest BCUT2D eigenvalue weighted by Gasteiger charge is -2.34. The first-order chi connectivity index (χ1) is 6.60. The van der Waals surface area contributed by atoms with Gasteiger partial charge >= 0.3 is 0 Å². The van der Waals surface area contributed by atoms with Gasteiger partial charge in [-0.15, -0.1) is 0 Å². The van der Waals surface area contributed by atoms with E-state index in [1.807, 2.05) is 13.0 Å². The summed E-state index contributed by atoms with van der Waals surface area (Å²) < 4.78 is 4.21. The number of β-amino-alcohol motifs (C(OH)–C–C–N with tert-alkyl or cyclic N) is 1. The molecule has 2 rings (SSSR count). The van der Waals surface area contributed by atoms with Crippen molar-refractivity contribution >= 4 is 11.5 Å². The largest absolute Gasteiger partial charge is 0.383 e. The zero-order chi connectivity index (χ0) is 10.2. The van der Waals surface area contributed by atoms with Crippen LogP contribution in [0, 0.1) is 6.92 Å². The third-order valence-electron chi connectivity index (χ3n) is 2.82. The molecule has 1 aliphatic heterocycles. The van der Waals surface area contributed by atoms with Crippen LogP contribution in [0.15, 0.2) is 6.07 Å². The Morgan fingerprint density at radius 1 is 1.71 bits per heavy atom. The molecule has 2 N–H and O–H groups in total. The summed E-state index contributed by atoms with van der Waals surface area (Å²) in [6.45, 7) is 4.76. The van der Waals surface area contributed by atoms with Gasteiger partial charge in [0.1, 0.15) is 5.60 Å². The van der Waals surface area contributed by atoms with Gasteiger partial charge < -0.3 is 10.4 Å². The molecule has 1 aromatic heterocycles. The normalized spacial score (nSPS) is 33.2. The van der Waals surface area contributed by atoms with Crippen molar-refractivity contribution < 1.29 is 5.11 Å². The molecule has 1 aliphatic rings. The van der Waals surface area contributed by atoms with E-state index in [2.05, 4.69) is 16.6 Å². The van der Waals surface area contributed by atoms with E-state index in [9.17, 15) is 5.11 Å². The summed E-state index contributed by atoms with van der Waals surface area (Å²) in [5, 5.41) is 13.7. The Bertz CT molecular complexity index is 316. The minimum absolute atomic E-state index is 0.518. The molecule has 0 aliphatic carbocycles. The van der Waals surface area contributed by atoms with Crippen molar-refractivity contribution in [2.45, 2.75) is 38.3 Å². The van der Waals surface area contributed by atoms with Crippen molar-refractivity contribution in [1.29, 1.82) is 0 Å². The fraction of sp³-hybridized carbons (Fsp3) is 0.700. The number of aryl methyl sites for hydroxylation is 1. The van der Waals surface area contributed by atoms with Gasteiger partial charge in [-0.1, -0.05) is 0 Å². The molecular weight excluding hydrogens is 196 g/mol. The topological polar surface area (TPSA) is 45.1 Å². The highest BCUT2D eigenvalue weighted by molar-refractivity contribution is 7.06. The maximum atomic E-state index is 10.4. The predicted octanol–water partition coefficient (Wildman–Crippen LogP) is 1.41. The molecule has 1 fully saturated rings. The summed E-state index contributed by atoms with van der Waals surface area (Å²) >= 11 is 1.42. The lowest BCUT2D eigenvalue weighted by molar-refractivity contribution is 0.00702. The Morgan fingerprint density at radius 2 is 2.50 bits per heavy atom. The van der Waals surface area contributed by atoms with E-state index in [-0.39, 0.29) is 0 Å². The second kappa shape index (κ2) is 3.61. The molecule has 2 atom stereocenters. The Hall–Kier alpha value is -0.450. The van der Waals surface area contributed by atoms with Crippen LogP contribution in [-0.2, 0) is 5.60 Å². The Balaban J connectivity index is 2.16. The van der Waals surface area contributed by atoms with Gasteiger partial charge in [0.2, 0.25) is 0 Å². The SMILES string of the molecule is Cc1cc(C2(O)CCC(C)NC2)sn1. The molecule has 4 heteroatoms. The van der Waals surface area contributed by atoms with Gasteiger partial charge in [0.25, 0.3) is 0 Å². The number of rotatable bonds is 1. The Labute approximate surface area is 88.3 Å². The van der Waals surface area contributed by atoms with Gasteiger partial charge in [0.05, 0.1) is 10.6 Å². The predicted molar refractivity (Wildman–Crippen MR) is 57.4 cm³/mol. The number of hydrogen-bond acceptors (Lipinski definition) is 4. The van der Waals surface area contributed by atoms with Gasteiger partial charge in [0.15, 0.2) is 0 Å². The summed E-state index contributed by atoms with van der Waals surface area (Å²) in [6, 6.07) is 2.51. The number of nitrogens with one attached hydrogen (secondary N) is 1. The van der Waals surface area contributed by atoms with E-state index >= 15 is 0 Å². The first kappa shape index (κ1) is 10.1. The number of nitrogens with zero attached hydrogens (tertiary/aromatic N) is 1. The minimum atomic E-state index is -0.682. The van der Waals surface area contributed by atoms with Crippen LogP contribution in [0.1, 0.15) is 30.3 Å². The zero-order valence-electron chi connectivity index (χ0n) is 8.58. The molecule has 1 saturated heterocycles. The average Bonchev–Trinajstić information content (AvgIpc) is 2.58. The number of aliphatic hydroxyl groups is 1. The van der Waals surface area contributed by atoms with Crippen LogP contribution in [0.25, 0.3) is 0 Å². The van der Waals surface area contributed by atoms with E-state index in [1.54, 1.807) is 0 Å². The molecular formula is C10H16N2OS. The van der Waals surface area contributed by atoms with Crippen LogP contribution >= 0.6 is 11.5 Å². The van der Waals surface area contributed by atoms with Crippen molar-refractivity contribution in [1.82, 2.24) is 9.69 Å². The average molecular weight is 212 g/mol. The van der Waals surface area contributed by atoms with Gasteiger partial charge in [-0.2, -0.15) is 4.37 Å². The molecule has 0 bridgehead atoms. The van der Waals surface area contributed by atoms with Gasteiger partial charge in [-0.25, -0.2) is 0 Å². The molecule has 0 radical (unpaired) electrons. The number of hydrogen-bond donors (Lipinski definition) is 2. The van der Waals surface area contributed by atoms with Crippen LogP contribution in [0.2, 0.25) is 0 Å². The highest BCUT2D eigenvalue weighted by Gasteiger charge is 2.34. The molecule has 2 heterocycles. The number of aromatic nitrogens is 1. The van der Waals surface area contributed by atoms with Crippen molar-refractivity contribution in [3.8, 4) is 0 Å². The van der Waals surface area contributed by atoms with Gasteiger partial charge in [-0.05, 0) is 44.3 Å². The second-order valence-corrected chi connectivity index (χ2v) is 4.99. The first-order valence-electron chi connectivity index (χ1n) is 5.00. The van der Waals surface area contributed by atoms with E-state index in [4.69, 9.17) is 0 Å². The quantitative estimate of drug-likeness (QED) is 0.740. The van der Waals surface area contributed by atoms with Crippen LogP contribution in [0.3, 0.4) is 0 Å². The molecule has 14 heavy (non-hydrogen) atoms. The number of piperidine rings is 1. The van der Waals surface area contributed by atoms with Crippen molar-refractivity contribution in [3.63, 3.8) is 0 Å². The maximum Gasteiger partial charge on any atom is 0.113 e. The molecule has 1 aromatic rings. The second-order valence-electron chi connectivity index (χ2n) is 4.18. The fourth-order valence-electron chi connectivity index (χ4n) is 1.78. The van der Waals surface area contributed by atoms with Crippen molar-refractivity contribution in [2.75, 3.05) is 6.54 Å². The fourth-order valence-corrected chi connectivity index (χ4v) is 2.64. The molecule has 0 spiro atoms. The molecule has 0 amide bonds. The first-order valence-corrected chi connectivity index (χ1v) is 5.77. The van der Waals surface area contributed by atoms with Gasteiger partial charge in [-0.3, -0.25) is 0 Å². The molecule has 0 saturated carbocycles. The standard InChI is InChI=1S/C10H16N2OS/c1-7-3-4-10(13,6-11-7)9-5-8(2)12-14-9/h5,7,11,13H,3-4,6H2,1-2H3. The van der Waals surface area contributed by atoms with E-state index < -0.39 is 5.60 Å². The third-order valence-corrected chi connectivity index (χ3v) is 3.89. The van der Waals surface area contributed by atoms with Gasteiger partial charge in [0, 0.05) is 12.6 Å². The summed E-state index contributed by atoms with van der Waals surface area (Å²) in [5.74, 6) is 0. The van der Waals surface area contributed by atoms with Crippen molar-refractivity contribution in [2.24, 2.45) is 0 Å². The summed E-state index contributed by atoms with van der Waals surface area (Å²) in [7, 11) is 0. The Kier molecular flexibility index (Phi) is 2.60. The highest BCUT2D eigenvalue weighted by Crippen LogP contribution is 2.32. The van der Waals surface area contributed by atoms with E-state index in [0.29, 0.717) is 12.6 Å². The van der Waals surface area contributed by atoms with E-state index in [0.717, 1.165) is 23.4 Å². The van der Waals surface area contributed by atoms with Crippen LogP contribution in [0.4, 0.5) is 0 Å². The molecule has 0 aromatic carbocycles. The molecule has 78 valence electrons. The van der Waals surface area contributed by atoms with Crippen LogP contribution in [0.5, 0.6) is 0 Å². The summed E-state index contributed by atoms with van der Waals surface area (Å²) in [4.78, 5) is 0.995. The van der Waals surface area contributed by atoms with E-state index in [1.165, 1.54) is 11.5 Å². The zero-order valence-corrected chi connectivity index (χ0v) is 9.40. The lowest BCUT2D eigenvalue weighted by Crippen LogP contribution is -2.46. The minimum Gasteiger partial charge on any atom is -0.383 e. The van der Waals surface area contributed by atoms with Crippen LogP contribution in [-0.4, -0.2) is 22.1 Å². The van der Waals surface area contributed by atoms with Crippen LogP contribution < -0.4 is 5.32 Å². The molecule has 2 unspecified atom stereocenters. The smallest absolute Gasteiger partial charge is 0.113 e.